The lowest BCUT2D eigenvalue weighted by Gasteiger charge is -2.20. The minimum Gasteiger partial charge on any atom is -0.395 e. The van der Waals surface area contributed by atoms with Crippen LogP contribution in [0, 0.1) is 10.1 Å². The number of rotatable bonds is 7. The van der Waals surface area contributed by atoms with Crippen molar-refractivity contribution in [3.63, 3.8) is 0 Å². The van der Waals surface area contributed by atoms with Gasteiger partial charge in [-0.15, -0.1) is 0 Å². The molecule has 1 heterocycles. The summed E-state index contributed by atoms with van der Waals surface area (Å²) in [6.45, 7) is 1.98. The van der Waals surface area contributed by atoms with Gasteiger partial charge in [0.05, 0.1) is 22.8 Å². The van der Waals surface area contributed by atoms with Crippen LogP contribution >= 0.6 is 0 Å². The zero-order chi connectivity index (χ0) is 21.1. The van der Waals surface area contributed by atoms with Crippen LogP contribution in [0.5, 0.6) is 0 Å². The van der Waals surface area contributed by atoms with Crippen LogP contribution in [0.4, 0.5) is 11.4 Å². The van der Waals surface area contributed by atoms with Gasteiger partial charge in [-0.2, -0.15) is 0 Å². The minimum atomic E-state index is -0.528. The number of aliphatic hydroxyl groups is 1. The summed E-state index contributed by atoms with van der Waals surface area (Å²) in [6, 6.07) is 12.6. The number of nitro benzene ring substituents is 1. The average Bonchev–Trinajstić information content (AvgIpc) is 2.98. The summed E-state index contributed by atoms with van der Waals surface area (Å²) in [5, 5.41) is 20.2. The van der Waals surface area contributed by atoms with Crippen molar-refractivity contribution in [2.75, 3.05) is 25.1 Å². The van der Waals surface area contributed by atoms with Crippen molar-refractivity contribution in [2.24, 2.45) is 0 Å². The van der Waals surface area contributed by atoms with Crippen molar-refractivity contribution in [3.05, 3.63) is 75.5 Å². The highest BCUT2D eigenvalue weighted by Gasteiger charge is 2.41. The number of hydrogen-bond acceptors (Lipinski definition) is 6. The quantitative estimate of drug-likeness (QED) is 0.438. The predicted molar refractivity (Wildman–Crippen MR) is 108 cm³/mol. The van der Waals surface area contributed by atoms with Crippen molar-refractivity contribution >= 4 is 28.8 Å². The lowest BCUT2D eigenvalue weighted by atomic mass is 10.0. The molecule has 0 aromatic heterocycles. The van der Waals surface area contributed by atoms with Crippen LogP contribution in [0.3, 0.4) is 0 Å². The normalized spacial score (nSPS) is 14.0. The zero-order valence-electron chi connectivity index (χ0n) is 16.2. The van der Waals surface area contributed by atoms with Gasteiger partial charge >= 0.3 is 0 Å². The topological polar surface area (TPSA) is 104 Å². The molecular weight excluding hydrogens is 374 g/mol. The first-order chi connectivity index (χ1) is 13.9. The molecule has 0 radical (unpaired) electrons. The second-order valence-corrected chi connectivity index (χ2v) is 6.64. The van der Waals surface area contributed by atoms with E-state index in [0.717, 1.165) is 16.9 Å². The van der Waals surface area contributed by atoms with Gasteiger partial charge in [-0.05, 0) is 41.8 Å². The van der Waals surface area contributed by atoms with Crippen LogP contribution < -0.4 is 4.90 Å². The van der Waals surface area contributed by atoms with Crippen molar-refractivity contribution in [1.82, 2.24) is 4.90 Å². The van der Waals surface area contributed by atoms with Gasteiger partial charge in [-0.3, -0.25) is 19.7 Å². The number of aliphatic hydroxyl groups excluding tert-OH is 1. The Bertz CT molecular complexity index is 980. The second kappa shape index (κ2) is 8.24. The van der Waals surface area contributed by atoms with Gasteiger partial charge < -0.3 is 10.0 Å². The summed E-state index contributed by atoms with van der Waals surface area (Å²) >= 11 is 0. The highest BCUT2D eigenvalue weighted by atomic mass is 16.6. The third-order valence-electron chi connectivity index (χ3n) is 4.85. The van der Waals surface area contributed by atoms with E-state index < -0.39 is 16.7 Å². The molecule has 0 spiro atoms. The number of imide groups is 1. The summed E-state index contributed by atoms with van der Waals surface area (Å²) in [5.74, 6) is -1.00. The van der Waals surface area contributed by atoms with Gasteiger partial charge in [0.15, 0.2) is 0 Å². The number of benzene rings is 2. The average molecular weight is 395 g/mol. The monoisotopic (exact) mass is 395 g/mol. The van der Waals surface area contributed by atoms with E-state index in [9.17, 15) is 24.8 Å². The van der Waals surface area contributed by atoms with Gasteiger partial charge in [0.1, 0.15) is 5.70 Å². The fourth-order valence-corrected chi connectivity index (χ4v) is 3.26. The maximum atomic E-state index is 13.2. The highest BCUT2D eigenvalue weighted by molar-refractivity contribution is 6.45. The van der Waals surface area contributed by atoms with E-state index in [1.165, 1.54) is 29.2 Å². The van der Waals surface area contributed by atoms with Crippen molar-refractivity contribution < 1.29 is 19.6 Å². The number of hydrogen-bond donors (Lipinski definition) is 1. The third-order valence-corrected chi connectivity index (χ3v) is 4.85. The van der Waals surface area contributed by atoms with Crippen LogP contribution in [-0.2, 0) is 16.0 Å². The van der Waals surface area contributed by atoms with Crippen molar-refractivity contribution in [1.29, 1.82) is 0 Å². The lowest BCUT2D eigenvalue weighted by molar-refractivity contribution is -0.384. The molecule has 2 aromatic rings. The molecule has 2 amide bonds. The van der Waals surface area contributed by atoms with E-state index in [1.54, 1.807) is 19.2 Å². The summed E-state index contributed by atoms with van der Waals surface area (Å²) in [7, 11) is 1.62. The van der Waals surface area contributed by atoms with Gasteiger partial charge in [0.2, 0.25) is 0 Å². The van der Waals surface area contributed by atoms with Gasteiger partial charge in [0.25, 0.3) is 17.5 Å². The largest absolute Gasteiger partial charge is 0.395 e. The molecule has 0 saturated heterocycles. The van der Waals surface area contributed by atoms with E-state index in [1.807, 2.05) is 19.1 Å². The Morgan fingerprint density at radius 2 is 1.66 bits per heavy atom. The number of aryl methyl sites for hydroxylation is 1. The van der Waals surface area contributed by atoms with Crippen molar-refractivity contribution in [3.8, 4) is 0 Å². The molecule has 0 atom stereocenters. The van der Waals surface area contributed by atoms with E-state index in [0.29, 0.717) is 11.3 Å². The maximum Gasteiger partial charge on any atom is 0.282 e. The molecule has 8 nitrogen and oxygen atoms in total. The van der Waals surface area contributed by atoms with Crippen LogP contribution in [0.15, 0.2) is 54.2 Å². The Kier molecular flexibility index (Phi) is 5.74. The Morgan fingerprint density at radius 3 is 2.17 bits per heavy atom. The Hall–Kier alpha value is -3.52. The van der Waals surface area contributed by atoms with Crippen LogP contribution in [0.25, 0.3) is 5.57 Å². The molecule has 1 aliphatic rings. The molecule has 150 valence electrons. The van der Waals surface area contributed by atoms with Gasteiger partial charge in [-0.25, -0.2) is 4.90 Å². The van der Waals surface area contributed by atoms with Crippen LogP contribution in [0.2, 0.25) is 0 Å². The molecule has 0 bridgehead atoms. The molecule has 1 aliphatic heterocycles. The summed E-state index contributed by atoms with van der Waals surface area (Å²) in [6.07, 6.45) is 0.832. The first-order valence-electron chi connectivity index (χ1n) is 9.17. The SMILES string of the molecule is CCc1ccc(N2C(=O)C(c3ccc([N+](=O)[O-])cc3)=C(N(C)CCO)C2=O)cc1. The molecule has 29 heavy (non-hydrogen) atoms. The highest BCUT2D eigenvalue weighted by Crippen LogP contribution is 2.35. The number of carbonyl (C=O) groups excluding carboxylic acids is 2. The third kappa shape index (κ3) is 3.74. The molecule has 1 N–H and O–H groups in total. The molecule has 0 unspecified atom stereocenters. The standard InChI is InChI=1S/C21H21N3O5/c1-3-14-4-8-16(9-5-14)23-20(26)18(19(21(23)27)22(2)12-13-25)15-6-10-17(11-7-15)24(28)29/h4-11,25H,3,12-13H2,1-2H3. The summed E-state index contributed by atoms with van der Waals surface area (Å²) in [5.41, 5.74) is 2.13. The summed E-state index contributed by atoms with van der Waals surface area (Å²) < 4.78 is 0. The minimum absolute atomic E-state index is 0.108. The fourth-order valence-electron chi connectivity index (χ4n) is 3.26. The zero-order valence-corrected chi connectivity index (χ0v) is 16.2. The Morgan fingerprint density at radius 1 is 1.03 bits per heavy atom. The number of nitro groups is 1. The first kappa shape index (κ1) is 20.2. The maximum absolute atomic E-state index is 13.2. The molecular formula is C21H21N3O5. The molecule has 0 fully saturated rings. The molecule has 0 aliphatic carbocycles. The number of anilines is 1. The summed E-state index contributed by atoms with van der Waals surface area (Å²) in [4.78, 5) is 39.4. The van der Waals surface area contributed by atoms with Crippen LogP contribution in [-0.4, -0.2) is 46.9 Å². The van der Waals surface area contributed by atoms with Gasteiger partial charge in [0, 0.05) is 25.7 Å². The molecule has 0 saturated carbocycles. The number of carbonyl (C=O) groups is 2. The molecule has 3 rings (SSSR count). The number of likely N-dealkylation sites (N-methyl/N-ethyl adjacent to an activating group) is 1. The van der Waals surface area contributed by atoms with Gasteiger partial charge in [-0.1, -0.05) is 19.1 Å². The van der Waals surface area contributed by atoms with E-state index in [2.05, 4.69) is 0 Å². The number of amides is 2. The van der Waals surface area contributed by atoms with E-state index in [-0.39, 0.29) is 30.1 Å². The molecule has 8 heteroatoms. The molecule has 2 aromatic carbocycles. The second-order valence-electron chi connectivity index (χ2n) is 6.64. The van der Waals surface area contributed by atoms with Crippen LogP contribution in [0.1, 0.15) is 18.1 Å². The Balaban J connectivity index is 2.08. The van der Waals surface area contributed by atoms with E-state index >= 15 is 0 Å². The predicted octanol–water partition coefficient (Wildman–Crippen LogP) is 2.37. The van der Waals surface area contributed by atoms with Crippen molar-refractivity contribution in [2.45, 2.75) is 13.3 Å². The number of non-ortho nitro benzene ring substituents is 1. The number of nitrogens with zero attached hydrogens (tertiary/aromatic N) is 3. The smallest absolute Gasteiger partial charge is 0.282 e. The lowest BCUT2D eigenvalue weighted by Crippen LogP contribution is -2.34. The first-order valence-corrected chi connectivity index (χ1v) is 9.17. The van der Waals surface area contributed by atoms with E-state index in [4.69, 9.17) is 0 Å². The fraction of sp³-hybridized carbons (Fsp3) is 0.238. The Labute approximate surface area is 167 Å².